The third-order valence-corrected chi connectivity index (χ3v) is 5.05. The van der Waals surface area contributed by atoms with Crippen LogP contribution in [0.3, 0.4) is 0 Å². The number of hydrogen-bond donors (Lipinski definition) is 1. The normalized spacial score (nSPS) is 13.0. The predicted octanol–water partition coefficient (Wildman–Crippen LogP) is 3.77. The number of aromatic nitrogens is 1. The molecule has 1 atom stereocenters. The van der Waals surface area contributed by atoms with Crippen LogP contribution in [0.15, 0.2) is 53.3 Å². The third kappa shape index (κ3) is 3.99. The first kappa shape index (κ1) is 18.3. The van der Waals surface area contributed by atoms with E-state index in [9.17, 15) is 4.79 Å². The Morgan fingerprint density at radius 2 is 1.92 bits per heavy atom. The molecule has 3 rings (SSSR count). The van der Waals surface area contributed by atoms with Crippen LogP contribution in [0.4, 0.5) is 0 Å². The Morgan fingerprint density at radius 1 is 1.15 bits per heavy atom. The highest BCUT2D eigenvalue weighted by Crippen LogP contribution is 2.25. The van der Waals surface area contributed by atoms with E-state index in [0.717, 1.165) is 29.8 Å². The summed E-state index contributed by atoms with van der Waals surface area (Å²) in [6, 6.07) is 12.5. The average molecular weight is 353 g/mol. The summed E-state index contributed by atoms with van der Waals surface area (Å²) in [6.07, 6.45) is 3.77. The van der Waals surface area contributed by atoms with Gasteiger partial charge in [0.1, 0.15) is 12.3 Å². The maximum atomic E-state index is 11.4. The Morgan fingerprint density at radius 3 is 2.58 bits per heavy atom. The Hall–Kier alpha value is -2.53. The van der Waals surface area contributed by atoms with Crippen LogP contribution in [-0.2, 0) is 24.4 Å². The Balaban J connectivity index is 1.94. The highest BCUT2D eigenvalue weighted by molar-refractivity contribution is 5.85. The van der Waals surface area contributed by atoms with Gasteiger partial charge in [-0.05, 0) is 36.6 Å². The van der Waals surface area contributed by atoms with Crippen molar-refractivity contribution in [3.63, 3.8) is 0 Å². The lowest BCUT2D eigenvalue weighted by Gasteiger charge is -2.31. The summed E-state index contributed by atoms with van der Waals surface area (Å²) in [5, 5.41) is 1.16. The van der Waals surface area contributed by atoms with Crippen molar-refractivity contribution in [3.05, 3.63) is 60.2 Å². The monoisotopic (exact) mass is 353 g/mol. The van der Waals surface area contributed by atoms with Gasteiger partial charge in [0.15, 0.2) is 0 Å². The number of para-hydroxylation sites is 1. The summed E-state index contributed by atoms with van der Waals surface area (Å²) in [4.78, 5) is 13.8. The summed E-state index contributed by atoms with van der Waals surface area (Å²) in [5.74, 6) is 1.14. The van der Waals surface area contributed by atoms with Gasteiger partial charge in [-0.2, -0.15) is 0 Å². The van der Waals surface area contributed by atoms with E-state index >= 15 is 0 Å². The fraction of sp³-hybridized carbons (Fsp3) is 0.381. The number of hydrogen-bond acceptors (Lipinski definition) is 3. The Kier molecular flexibility index (Phi) is 5.47. The van der Waals surface area contributed by atoms with Gasteiger partial charge in [-0.25, -0.2) is 0 Å². The standard InChI is InChI=1S/C21H27N3O2/c1-15(2)16(3)23(13-18-7-6-10-26-18)11-17-12-24(14-21(22)25)20-9-5-4-8-19(17)20/h4-10,12,15-16H,11,13-14H2,1-3H3,(H2,22,25)/t16-/m1/s1. The van der Waals surface area contributed by atoms with Crippen LogP contribution >= 0.6 is 0 Å². The van der Waals surface area contributed by atoms with E-state index in [0.29, 0.717) is 12.0 Å². The molecule has 0 radical (unpaired) electrons. The van der Waals surface area contributed by atoms with Crippen LogP contribution in [0.25, 0.3) is 10.9 Å². The SMILES string of the molecule is CC(C)[C@@H](C)N(Cc1ccco1)Cc1cn(CC(N)=O)c2ccccc12. The average Bonchev–Trinajstić information content (AvgIpc) is 3.22. The van der Waals surface area contributed by atoms with E-state index in [2.05, 4.69) is 37.9 Å². The molecule has 2 aromatic heterocycles. The smallest absolute Gasteiger partial charge is 0.237 e. The minimum absolute atomic E-state index is 0.193. The Bertz CT molecular complexity index is 865. The molecule has 0 unspecified atom stereocenters. The molecule has 0 aliphatic carbocycles. The molecule has 0 saturated heterocycles. The van der Waals surface area contributed by atoms with E-state index in [1.54, 1.807) is 6.26 Å². The summed E-state index contributed by atoms with van der Waals surface area (Å²) < 4.78 is 7.51. The molecule has 1 amide bonds. The largest absolute Gasteiger partial charge is 0.468 e. The highest BCUT2D eigenvalue weighted by atomic mass is 16.3. The van der Waals surface area contributed by atoms with Crippen LogP contribution < -0.4 is 5.73 Å². The van der Waals surface area contributed by atoms with Crippen molar-refractivity contribution < 1.29 is 9.21 Å². The first-order valence-electron chi connectivity index (χ1n) is 9.07. The molecule has 0 saturated carbocycles. The van der Waals surface area contributed by atoms with Crippen LogP contribution in [-0.4, -0.2) is 21.4 Å². The van der Waals surface area contributed by atoms with Gasteiger partial charge in [0, 0.05) is 29.7 Å². The van der Waals surface area contributed by atoms with E-state index in [-0.39, 0.29) is 12.5 Å². The summed E-state index contributed by atoms with van der Waals surface area (Å²) in [5.41, 5.74) is 7.66. The number of benzene rings is 1. The van der Waals surface area contributed by atoms with Crippen molar-refractivity contribution in [1.29, 1.82) is 0 Å². The zero-order valence-electron chi connectivity index (χ0n) is 15.7. The van der Waals surface area contributed by atoms with E-state index < -0.39 is 0 Å². The molecule has 0 spiro atoms. The number of fused-ring (bicyclic) bond motifs is 1. The zero-order valence-corrected chi connectivity index (χ0v) is 15.7. The molecule has 1 aromatic carbocycles. The number of furan rings is 1. The van der Waals surface area contributed by atoms with Crippen molar-refractivity contribution in [3.8, 4) is 0 Å². The van der Waals surface area contributed by atoms with E-state index in [1.807, 2.05) is 34.9 Å². The van der Waals surface area contributed by atoms with E-state index in [1.165, 1.54) is 5.56 Å². The molecule has 138 valence electrons. The second kappa shape index (κ2) is 7.79. The van der Waals surface area contributed by atoms with Crippen molar-refractivity contribution in [2.24, 2.45) is 11.7 Å². The Labute approximate surface area is 154 Å². The van der Waals surface area contributed by atoms with Gasteiger partial charge in [-0.15, -0.1) is 0 Å². The molecular weight excluding hydrogens is 326 g/mol. The van der Waals surface area contributed by atoms with Gasteiger partial charge < -0.3 is 14.7 Å². The molecule has 0 bridgehead atoms. The van der Waals surface area contributed by atoms with Crippen molar-refractivity contribution in [1.82, 2.24) is 9.47 Å². The fourth-order valence-corrected chi connectivity index (χ4v) is 3.33. The van der Waals surface area contributed by atoms with Crippen molar-refractivity contribution in [2.45, 2.75) is 46.4 Å². The summed E-state index contributed by atoms with van der Waals surface area (Å²) in [6.45, 7) is 8.44. The van der Waals surface area contributed by atoms with Crippen LogP contribution in [0.5, 0.6) is 0 Å². The number of nitrogens with zero attached hydrogens (tertiary/aromatic N) is 2. The van der Waals surface area contributed by atoms with E-state index in [4.69, 9.17) is 10.2 Å². The molecule has 0 aliphatic heterocycles. The predicted molar refractivity (Wildman–Crippen MR) is 103 cm³/mol. The van der Waals surface area contributed by atoms with Crippen molar-refractivity contribution in [2.75, 3.05) is 0 Å². The molecule has 5 nitrogen and oxygen atoms in total. The fourth-order valence-electron chi connectivity index (χ4n) is 3.33. The molecule has 0 aliphatic rings. The molecule has 5 heteroatoms. The first-order chi connectivity index (χ1) is 12.5. The van der Waals surface area contributed by atoms with Gasteiger partial charge in [0.2, 0.25) is 5.91 Å². The molecule has 2 N–H and O–H groups in total. The lowest BCUT2D eigenvalue weighted by molar-refractivity contribution is -0.118. The van der Waals surface area contributed by atoms with Crippen molar-refractivity contribution >= 4 is 16.8 Å². The lowest BCUT2D eigenvalue weighted by atomic mass is 10.0. The van der Waals surface area contributed by atoms with Crippen LogP contribution in [0.1, 0.15) is 32.1 Å². The quantitative estimate of drug-likeness (QED) is 0.670. The molecule has 26 heavy (non-hydrogen) atoms. The second-order valence-corrected chi connectivity index (χ2v) is 7.23. The number of amides is 1. The van der Waals surface area contributed by atoms with Gasteiger partial charge in [-0.3, -0.25) is 9.69 Å². The topological polar surface area (TPSA) is 64.4 Å². The minimum Gasteiger partial charge on any atom is -0.468 e. The number of nitrogens with two attached hydrogens (primary N) is 1. The lowest BCUT2D eigenvalue weighted by Crippen LogP contribution is -2.35. The number of carbonyl (C=O) groups excluding carboxylic acids is 1. The molecule has 0 fully saturated rings. The summed E-state index contributed by atoms with van der Waals surface area (Å²) in [7, 11) is 0. The molecular formula is C21H27N3O2. The summed E-state index contributed by atoms with van der Waals surface area (Å²) >= 11 is 0. The zero-order chi connectivity index (χ0) is 18.7. The second-order valence-electron chi connectivity index (χ2n) is 7.23. The number of carbonyl (C=O) groups is 1. The number of rotatable bonds is 8. The third-order valence-electron chi connectivity index (χ3n) is 5.05. The molecule has 3 aromatic rings. The van der Waals surface area contributed by atoms with Gasteiger partial charge in [-0.1, -0.05) is 32.0 Å². The van der Waals surface area contributed by atoms with Gasteiger partial charge in [0.25, 0.3) is 0 Å². The molecule has 2 heterocycles. The van der Waals surface area contributed by atoms with Crippen LogP contribution in [0, 0.1) is 5.92 Å². The number of primary amides is 1. The maximum absolute atomic E-state index is 11.4. The first-order valence-corrected chi connectivity index (χ1v) is 9.07. The van der Waals surface area contributed by atoms with Crippen LogP contribution in [0.2, 0.25) is 0 Å². The van der Waals surface area contributed by atoms with Gasteiger partial charge in [0.05, 0.1) is 12.8 Å². The highest BCUT2D eigenvalue weighted by Gasteiger charge is 2.21. The van der Waals surface area contributed by atoms with Gasteiger partial charge >= 0.3 is 0 Å². The minimum atomic E-state index is -0.333. The maximum Gasteiger partial charge on any atom is 0.237 e.